The summed E-state index contributed by atoms with van der Waals surface area (Å²) in [4.78, 5) is 30.7. The fourth-order valence-electron chi connectivity index (χ4n) is 3.70. The average molecular weight is 456 g/mol. The molecule has 1 N–H and O–H groups in total. The minimum absolute atomic E-state index is 0.111. The minimum Gasteiger partial charge on any atom is -0.378 e. The van der Waals surface area contributed by atoms with E-state index in [1.54, 1.807) is 36.7 Å². The SMILES string of the molecule is Cn1ccnc1[C@@H](NC(=O)c1ccc(N2CCOCC2)c([N+](=O)[O-])c1)c1ccc(Cl)cc1. The number of anilines is 1. The number of carbonyl (C=O) groups excluding carboxylic acids is 1. The van der Waals surface area contributed by atoms with Gasteiger partial charge in [0.1, 0.15) is 17.6 Å². The second-order valence-electron chi connectivity index (χ2n) is 7.41. The van der Waals surface area contributed by atoms with Crippen LogP contribution in [0.5, 0.6) is 0 Å². The second kappa shape index (κ2) is 9.37. The minimum atomic E-state index is -0.558. The van der Waals surface area contributed by atoms with Gasteiger partial charge in [-0.25, -0.2) is 4.98 Å². The van der Waals surface area contributed by atoms with Crippen molar-refractivity contribution in [3.8, 4) is 0 Å². The number of nitro groups is 1. The van der Waals surface area contributed by atoms with Crippen LogP contribution in [0.4, 0.5) is 11.4 Å². The number of imidazole rings is 1. The van der Waals surface area contributed by atoms with Crippen molar-refractivity contribution in [2.45, 2.75) is 6.04 Å². The quantitative estimate of drug-likeness (QED) is 0.451. The van der Waals surface area contributed by atoms with Gasteiger partial charge in [0.15, 0.2) is 0 Å². The maximum atomic E-state index is 13.1. The summed E-state index contributed by atoms with van der Waals surface area (Å²) in [6.07, 6.45) is 3.43. The summed E-state index contributed by atoms with van der Waals surface area (Å²) in [5.74, 6) is 0.185. The summed E-state index contributed by atoms with van der Waals surface area (Å²) in [5, 5.41) is 15.3. The van der Waals surface area contributed by atoms with Crippen LogP contribution in [-0.2, 0) is 11.8 Å². The highest BCUT2D eigenvalue weighted by Crippen LogP contribution is 2.30. The van der Waals surface area contributed by atoms with Crippen LogP contribution in [0.1, 0.15) is 27.8 Å². The zero-order chi connectivity index (χ0) is 22.7. The van der Waals surface area contributed by atoms with E-state index in [2.05, 4.69) is 10.3 Å². The number of rotatable bonds is 6. The Bertz CT molecular complexity index is 1130. The van der Waals surface area contributed by atoms with Crippen molar-refractivity contribution < 1.29 is 14.5 Å². The first-order chi connectivity index (χ1) is 15.4. The number of nitrogens with one attached hydrogen (secondary N) is 1. The van der Waals surface area contributed by atoms with Crippen molar-refractivity contribution in [1.29, 1.82) is 0 Å². The normalized spacial score (nSPS) is 14.8. The number of hydrogen-bond acceptors (Lipinski definition) is 6. The summed E-state index contributed by atoms with van der Waals surface area (Å²) in [7, 11) is 1.83. The molecular weight excluding hydrogens is 434 g/mol. The first-order valence-corrected chi connectivity index (χ1v) is 10.5. The fourth-order valence-corrected chi connectivity index (χ4v) is 3.83. The topological polar surface area (TPSA) is 103 Å². The van der Waals surface area contributed by atoms with Crippen LogP contribution in [0.25, 0.3) is 0 Å². The van der Waals surface area contributed by atoms with Crippen LogP contribution in [0.15, 0.2) is 54.9 Å². The Morgan fingerprint density at radius 3 is 2.56 bits per heavy atom. The van der Waals surface area contributed by atoms with Crippen LogP contribution in [0, 0.1) is 10.1 Å². The Labute approximate surface area is 189 Å². The van der Waals surface area contributed by atoms with Gasteiger partial charge in [-0.15, -0.1) is 0 Å². The molecule has 0 unspecified atom stereocenters. The van der Waals surface area contributed by atoms with E-state index in [9.17, 15) is 14.9 Å². The summed E-state index contributed by atoms with van der Waals surface area (Å²) < 4.78 is 7.14. The predicted octanol–water partition coefficient (Wildman–Crippen LogP) is 3.34. The molecule has 1 aliphatic heterocycles. The molecule has 1 aromatic heterocycles. The van der Waals surface area contributed by atoms with E-state index in [0.717, 1.165) is 5.56 Å². The molecule has 1 saturated heterocycles. The number of aryl methyl sites for hydroxylation is 1. The maximum Gasteiger partial charge on any atom is 0.293 e. The summed E-state index contributed by atoms with van der Waals surface area (Å²) in [5.41, 5.74) is 1.35. The molecule has 32 heavy (non-hydrogen) atoms. The van der Waals surface area contributed by atoms with Gasteiger partial charge in [0.05, 0.1) is 18.1 Å². The molecule has 1 aliphatic rings. The molecule has 2 heterocycles. The van der Waals surface area contributed by atoms with Crippen molar-refractivity contribution in [3.05, 3.63) is 86.9 Å². The molecule has 4 rings (SSSR count). The highest BCUT2D eigenvalue weighted by atomic mass is 35.5. The van der Waals surface area contributed by atoms with Gasteiger partial charge in [-0.2, -0.15) is 0 Å². The Balaban J connectivity index is 1.64. The van der Waals surface area contributed by atoms with Gasteiger partial charge in [-0.05, 0) is 29.8 Å². The lowest BCUT2D eigenvalue weighted by Crippen LogP contribution is -2.36. The lowest BCUT2D eigenvalue weighted by molar-refractivity contribution is -0.384. The fraction of sp³-hybridized carbons (Fsp3) is 0.273. The lowest BCUT2D eigenvalue weighted by Gasteiger charge is -2.28. The van der Waals surface area contributed by atoms with Crippen LogP contribution >= 0.6 is 11.6 Å². The van der Waals surface area contributed by atoms with Crippen molar-refractivity contribution >= 4 is 28.9 Å². The molecule has 0 radical (unpaired) electrons. The maximum absolute atomic E-state index is 13.1. The molecule has 1 atom stereocenters. The van der Waals surface area contributed by atoms with Gasteiger partial charge < -0.3 is 19.5 Å². The Kier molecular flexibility index (Phi) is 6.38. The van der Waals surface area contributed by atoms with E-state index in [1.165, 1.54) is 6.07 Å². The molecule has 3 aromatic rings. The summed E-state index contributed by atoms with van der Waals surface area (Å²) in [6, 6.07) is 11.1. The van der Waals surface area contributed by atoms with Gasteiger partial charge in [-0.1, -0.05) is 23.7 Å². The van der Waals surface area contributed by atoms with E-state index < -0.39 is 16.9 Å². The van der Waals surface area contributed by atoms with E-state index in [0.29, 0.717) is 42.8 Å². The molecule has 1 fully saturated rings. The number of carbonyl (C=O) groups is 1. The number of ether oxygens (including phenoxy) is 1. The largest absolute Gasteiger partial charge is 0.378 e. The number of nitro benzene ring substituents is 1. The monoisotopic (exact) mass is 455 g/mol. The summed E-state index contributed by atoms with van der Waals surface area (Å²) >= 11 is 6.02. The first kappa shape index (κ1) is 21.8. The van der Waals surface area contributed by atoms with Gasteiger partial charge >= 0.3 is 0 Å². The standard InChI is InChI=1S/C22H22ClN5O4/c1-26-9-8-24-21(26)20(15-2-5-17(23)6-3-15)25-22(29)16-4-7-18(19(14-16)28(30)31)27-10-12-32-13-11-27/h2-9,14,20H,10-13H2,1H3,(H,25,29)/t20-/m0/s1. The van der Waals surface area contributed by atoms with Crippen LogP contribution < -0.4 is 10.2 Å². The summed E-state index contributed by atoms with van der Waals surface area (Å²) in [6.45, 7) is 2.13. The second-order valence-corrected chi connectivity index (χ2v) is 7.85. The van der Waals surface area contributed by atoms with Crippen LogP contribution in [-0.4, -0.2) is 46.7 Å². The molecule has 0 aliphatic carbocycles. The highest BCUT2D eigenvalue weighted by molar-refractivity contribution is 6.30. The molecule has 1 amide bonds. The van der Waals surface area contributed by atoms with Gasteiger partial charge in [-0.3, -0.25) is 14.9 Å². The van der Waals surface area contributed by atoms with E-state index in [4.69, 9.17) is 16.3 Å². The number of hydrogen-bond donors (Lipinski definition) is 1. The third-order valence-corrected chi connectivity index (χ3v) is 5.63. The highest BCUT2D eigenvalue weighted by Gasteiger charge is 2.26. The molecule has 166 valence electrons. The van der Waals surface area contributed by atoms with E-state index in [-0.39, 0.29) is 11.3 Å². The van der Waals surface area contributed by atoms with Crippen molar-refractivity contribution in [2.75, 3.05) is 31.2 Å². The number of nitrogens with zero attached hydrogens (tertiary/aromatic N) is 4. The van der Waals surface area contributed by atoms with E-state index in [1.807, 2.05) is 28.6 Å². The Morgan fingerprint density at radius 2 is 1.94 bits per heavy atom. The molecule has 2 aromatic carbocycles. The Morgan fingerprint density at radius 1 is 1.22 bits per heavy atom. The van der Waals surface area contributed by atoms with Crippen molar-refractivity contribution in [1.82, 2.24) is 14.9 Å². The number of benzene rings is 2. The molecule has 0 bridgehead atoms. The predicted molar refractivity (Wildman–Crippen MR) is 120 cm³/mol. The van der Waals surface area contributed by atoms with Crippen LogP contribution in [0.2, 0.25) is 5.02 Å². The zero-order valence-electron chi connectivity index (χ0n) is 17.4. The molecule has 0 spiro atoms. The molecule has 0 saturated carbocycles. The van der Waals surface area contributed by atoms with Crippen molar-refractivity contribution in [2.24, 2.45) is 7.05 Å². The van der Waals surface area contributed by atoms with Gasteiger partial charge in [0, 0.05) is 49.2 Å². The zero-order valence-corrected chi connectivity index (χ0v) is 18.2. The molecule has 9 nitrogen and oxygen atoms in total. The van der Waals surface area contributed by atoms with Crippen LogP contribution in [0.3, 0.4) is 0 Å². The Hall–Kier alpha value is -3.43. The average Bonchev–Trinajstić information content (AvgIpc) is 3.23. The van der Waals surface area contributed by atoms with Crippen molar-refractivity contribution in [3.63, 3.8) is 0 Å². The first-order valence-electron chi connectivity index (χ1n) is 10.1. The van der Waals surface area contributed by atoms with Gasteiger partial charge in [0.2, 0.25) is 0 Å². The number of halogens is 1. The molecular formula is C22H22ClN5O4. The van der Waals surface area contributed by atoms with Gasteiger partial charge in [0.25, 0.3) is 11.6 Å². The number of amides is 1. The lowest BCUT2D eigenvalue weighted by atomic mass is 10.0. The molecule has 10 heteroatoms. The smallest absolute Gasteiger partial charge is 0.293 e. The third-order valence-electron chi connectivity index (χ3n) is 5.38. The third kappa shape index (κ3) is 4.58. The number of aromatic nitrogens is 2. The van der Waals surface area contributed by atoms with E-state index >= 15 is 0 Å². The number of morpholine rings is 1.